The van der Waals surface area contributed by atoms with Crippen LogP contribution in [0.4, 0.5) is 4.39 Å². The average Bonchev–Trinajstić information content (AvgIpc) is 3.03. The molecule has 4 saturated carbocycles. The van der Waals surface area contributed by atoms with Crippen LogP contribution in [0.2, 0.25) is 5.02 Å². The Morgan fingerprint density at radius 3 is 2.69 bits per heavy atom. The van der Waals surface area contributed by atoms with E-state index < -0.39 is 17.1 Å². The minimum atomic E-state index is -0.559. The Kier molecular flexibility index (Phi) is 4.25. The molecule has 9 heteroatoms. The van der Waals surface area contributed by atoms with Crippen molar-refractivity contribution in [3.05, 3.63) is 34.9 Å². The number of ether oxygens (including phenoxy) is 1. The molecule has 0 saturated heterocycles. The van der Waals surface area contributed by atoms with Gasteiger partial charge in [-0.2, -0.15) is 0 Å². The Morgan fingerprint density at radius 1 is 1.28 bits per heavy atom. The van der Waals surface area contributed by atoms with Crippen LogP contribution in [0.15, 0.2) is 22.6 Å². The zero-order chi connectivity index (χ0) is 20.2. The molecular formula is C20H19ClFN3O4. The van der Waals surface area contributed by atoms with E-state index in [1.54, 1.807) is 6.07 Å². The molecule has 0 atom stereocenters. The van der Waals surface area contributed by atoms with Crippen LogP contribution < -0.4 is 5.32 Å². The van der Waals surface area contributed by atoms with Crippen molar-refractivity contribution in [2.24, 2.45) is 5.41 Å². The molecule has 0 unspecified atom stereocenters. The fourth-order valence-electron chi connectivity index (χ4n) is 4.47. The highest BCUT2D eigenvalue weighted by Crippen LogP contribution is 2.73. The molecule has 2 bridgehead atoms. The average molecular weight is 420 g/mol. The fourth-order valence-corrected chi connectivity index (χ4v) is 4.58. The predicted molar refractivity (Wildman–Crippen MR) is 99.4 cm³/mol. The first-order valence-corrected chi connectivity index (χ1v) is 10.0. The molecule has 1 aromatic carbocycles. The number of benzene rings is 1. The molecule has 0 radical (unpaired) electrons. The summed E-state index contributed by atoms with van der Waals surface area (Å²) >= 11 is 5.70. The third kappa shape index (κ3) is 3.05. The number of nitrogens with one attached hydrogen (secondary N) is 1. The van der Waals surface area contributed by atoms with Crippen LogP contribution in [0.1, 0.15) is 44.4 Å². The number of imide groups is 1. The second kappa shape index (κ2) is 6.60. The first-order valence-electron chi connectivity index (χ1n) is 9.65. The number of carbonyl (C=O) groups excluding carboxylic acids is 2. The number of nitrogens with zero attached hydrogens (tertiary/aromatic N) is 2. The maximum absolute atomic E-state index is 13.7. The lowest BCUT2D eigenvalue weighted by Crippen LogP contribution is -2.70. The van der Waals surface area contributed by atoms with E-state index in [0.29, 0.717) is 30.7 Å². The van der Waals surface area contributed by atoms with Crippen molar-refractivity contribution in [1.29, 1.82) is 0 Å². The van der Waals surface area contributed by atoms with Gasteiger partial charge in [-0.05, 0) is 56.7 Å². The maximum atomic E-state index is 13.7. The third-order valence-electron chi connectivity index (χ3n) is 6.31. The summed E-state index contributed by atoms with van der Waals surface area (Å²) in [6.45, 7) is -0.0811. The van der Waals surface area contributed by atoms with Gasteiger partial charge in [-0.1, -0.05) is 11.6 Å². The van der Waals surface area contributed by atoms with Gasteiger partial charge in [-0.15, -0.1) is 10.2 Å². The van der Waals surface area contributed by atoms with Gasteiger partial charge in [0, 0.05) is 5.56 Å². The van der Waals surface area contributed by atoms with Crippen molar-refractivity contribution in [1.82, 2.24) is 15.5 Å². The first kappa shape index (κ1) is 18.7. The first-order chi connectivity index (χ1) is 13.9. The highest BCUT2D eigenvalue weighted by Gasteiger charge is 2.74. The van der Waals surface area contributed by atoms with Gasteiger partial charge in [0.1, 0.15) is 12.4 Å². The molecular weight excluding hydrogens is 401 g/mol. The van der Waals surface area contributed by atoms with Crippen LogP contribution in [0, 0.1) is 11.2 Å². The number of halogens is 2. The van der Waals surface area contributed by atoms with Gasteiger partial charge in [0.25, 0.3) is 5.91 Å². The van der Waals surface area contributed by atoms with E-state index >= 15 is 0 Å². The van der Waals surface area contributed by atoms with Crippen molar-refractivity contribution in [3.8, 4) is 11.5 Å². The Bertz CT molecular complexity index is 984. The SMILES string of the molecule is O=C(COC1CCC1)NC(=O)C12CC(c3nnc(-c4ccc(Cl)c(F)c4)o3)(C1)C2. The number of aromatic nitrogens is 2. The van der Waals surface area contributed by atoms with Crippen LogP contribution in [0.3, 0.4) is 0 Å². The summed E-state index contributed by atoms with van der Waals surface area (Å²) in [5.41, 5.74) is -0.437. The van der Waals surface area contributed by atoms with Crippen molar-refractivity contribution in [3.63, 3.8) is 0 Å². The lowest BCUT2D eigenvalue weighted by atomic mass is 9.34. The molecule has 1 heterocycles. The summed E-state index contributed by atoms with van der Waals surface area (Å²) < 4.78 is 24.8. The maximum Gasteiger partial charge on any atom is 0.252 e. The predicted octanol–water partition coefficient (Wildman–Crippen LogP) is 3.16. The minimum absolute atomic E-state index is 0.0218. The highest BCUT2D eigenvalue weighted by molar-refractivity contribution is 6.30. The van der Waals surface area contributed by atoms with Crippen LogP contribution in [-0.4, -0.2) is 34.7 Å². The van der Waals surface area contributed by atoms with Gasteiger partial charge in [-0.25, -0.2) is 4.39 Å². The van der Waals surface area contributed by atoms with Crippen molar-refractivity contribution in [2.75, 3.05) is 6.61 Å². The van der Waals surface area contributed by atoms with Gasteiger partial charge in [0.2, 0.25) is 17.7 Å². The summed E-state index contributed by atoms with van der Waals surface area (Å²) in [5.74, 6) is -0.568. The standard InChI is InChI=1S/C20H19ClFN3O4/c21-13-5-4-11(6-14(13)22)16-24-25-18(29-16)20-8-19(9-20,10-20)17(27)23-15(26)7-28-12-2-1-3-12/h4-6,12H,1-3,7-10H2,(H,23,26,27). The third-order valence-corrected chi connectivity index (χ3v) is 6.62. The Hall–Kier alpha value is -2.32. The van der Waals surface area contributed by atoms with E-state index in [-0.39, 0.29) is 34.9 Å². The van der Waals surface area contributed by atoms with Crippen molar-refractivity contribution >= 4 is 23.4 Å². The molecule has 4 aliphatic carbocycles. The van der Waals surface area contributed by atoms with Crippen molar-refractivity contribution in [2.45, 2.75) is 50.0 Å². The van der Waals surface area contributed by atoms with Crippen molar-refractivity contribution < 1.29 is 23.1 Å². The summed E-state index contributed by atoms with van der Waals surface area (Å²) in [6.07, 6.45) is 4.89. The molecule has 29 heavy (non-hydrogen) atoms. The molecule has 2 amide bonds. The van der Waals surface area contributed by atoms with E-state index in [4.69, 9.17) is 20.8 Å². The van der Waals surface area contributed by atoms with Gasteiger partial charge in [0.15, 0.2) is 0 Å². The van der Waals surface area contributed by atoms with Gasteiger partial charge >= 0.3 is 0 Å². The Balaban J connectivity index is 1.18. The second-order valence-corrected chi connectivity index (χ2v) is 8.78. The minimum Gasteiger partial charge on any atom is -0.420 e. The van der Waals surface area contributed by atoms with Crippen LogP contribution in [0.25, 0.3) is 11.5 Å². The van der Waals surface area contributed by atoms with E-state index in [2.05, 4.69) is 15.5 Å². The summed E-state index contributed by atoms with van der Waals surface area (Å²) in [7, 11) is 0. The Morgan fingerprint density at radius 2 is 2.03 bits per heavy atom. The molecule has 7 nitrogen and oxygen atoms in total. The number of hydrogen-bond donors (Lipinski definition) is 1. The van der Waals surface area contributed by atoms with Gasteiger partial charge in [0.05, 0.1) is 22.0 Å². The fraction of sp³-hybridized carbons (Fsp3) is 0.500. The molecule has 152 valence electrons. The molecule has 0 spiro atoms. The summed E-state index contributed by atoms with van der Waals surface area (Å²) in [4.78, 5) is 24.4. The summed E-state index contributed by atoms with van der Waals surface area (Å²) in [6, 6.07) is 4.28. The Labute approximate surface area is 171 Å². The van der Waals surface area contributed by atoms with Gasteiger partial charge < -0.3 is 9.15 Å². The van der Waals surface area contributed by atoms with Gasteiger partial charge in [-0.3, -0.25) is 14.9 Å². The normalized spacial score (nSPS) is 27.5. The molecule has 2 aromatic rings. The zero-order valence-electron chi connectivity index (χ0n) is 15.5. The topological polar surface area (TPSA) is 94.3 Å². The molecule has 4 fully saturated rings. The lowest BCUT2D eigenvalue weighted by Gasteiger charge is -2.67. The van der Waals surface area contributed by atoms with E-state index in [1.807, 2.05) is 0 Å². The number of rotatable bonds is 6. The van der Waals surface area contributed by atoms with E-state index in [0.717, 1.165) is 19.3 Å². The molecule has 0 aliphatic heterocycles. The van der Waals surface area contributed by atoms with E-state index in [1.165, 1.54) is 12.1 Å². The van der Waals surface area contributed by atoms with Crippen LogP contribution >= 0.6 is 11.6 Å². The van der Waals surface area contributed by atoms with Crippen LogP contribution in [0.5, 0.6) is 0 Å². The smallest absolute Gasteiger partial charge is 0.252 e. The van der Waals surface area contributed by atoms with E-state index in [9.17, 15) is 14.0 Å². The summed E-state index contributed by atoms with van der Waals surface area (Å²) in [5, 5.41) is 10.6. The quantitative estimate of drug-likeness (QED) is 0.772. The second-order valence-electron chi connectivity index (χ2n) is 8.37. The number of amides is 2. The van der Waals surface area contributed by atoms with Crippen LogP contribution in [-0.2, 0) is 19.7 Å². The molecule has 1 aromatic heterocycles. The number of hydrogen-bond acceptors (Lipinski definition) is 6. The largest absolute Gasteiger partial charge is 0.420 e. The monoisotopic (exact) mass is 419 g/mol. The lowest BCUT2D eigenvalue weighted by molar-refractivity contribution is -0.182. The molecule has 1 N–H and O–H groups in total. The molecule has 6 rings (SSSR count). The number of carbonyl (C=O) groups is 2. The zero-order valence-corrected chi connectivity index (χ0v) is 16.3. The molecule has 4 aliphatic rings. The highest BCUT2D eigenvalue weighted by atomic mass is 35.5.